The minimum Gasteiger partial charge on any atom is -0.229 e. The first-order valence-electron chi connectivity index (χ1n) is 5.14. The van der Waals surface area contributed by atoms with Crippen molar-refractivity contribution in [2.45, 2.75) is 42.9 Å². The first-order valence-corrected chi connectivity index (χ1v) is 7.82. The summed E-state index contributed by atoms with van der Waals surface area (Å²) in [6.45, 7) is 1.66. The quantitative estimate of drug-likeness (QED) is 0.924. The SMILES string of the molecule is Cc1nc(Cl)sc1S(=O)(=O)NC1CCCC1. The maximum atomic E-state index is 12.0. The van der Waals surface area contributed by atoms with Crippen LogP contribution in [0.3, 0.4) is 0 Å². The molecule has 1 heterocycles. The minimum atomic E-state index is -3.43. The largest absolute Gasteiger partial charge is 0.252 e. The molecule has 1 fully saturated rings. The van der Waals surface area contributed by atoms with Gasteiger partial charge in [0.25, 0.3) is 10.0 Å². The van der Waals surface area contributed by atoms with E-state index in [2.05, 4.69) is 9.71 Å². The van der Waals surface area contributed by atoms with Gasteiger partial charge in [0.05, 0.1) is 5.69 Å². The van der Waals surface area contributed by atoms with Crippen LogP contribution >= 0.6 is 22.9 Å². The summed E-state index contributed by atoms with van der Waals surface area (Å²) in [6.07, 6.45) is 4.03. The van der Waals surface area contributed by atoms with Gasteiger partial charge in [-0.1, -0.05) is 35.8 Å². The van der Waals surface area contributed by atoms with E-state index in [4.69, 9.17) is 11.6 Å². The van der Waals surface area contributed by atoms with Crippen molar-refractivity contribution in [3.63, 3.8) is 0 Å². The fraction of sp³-hybridized carbons (Fsp3) is 0.667. The zero-order valence-corrected chi connectivity index (χ0v) is 11.3. The number of thiazole rings is 1. The van der Waals surface area contributed by atoms with E-state index in [1.807, 2.05) is 0 Å². The summed E-state index contributed by atoms with van der Waals surface area (Å²) < 4.78 is 27.3. The van der Waals surface area contributed by atoms with Gasteiger partial charge in [0.15, 0.2) is 8.68 Å². The third-order valence-electron chi connectivity index (χ3n) is 2.65. The molecule has 0 atom stereocenters. The van der Waals surface area contributed by atoms with Gasteiger partial charge >= 0.3 is 0 Å². The number of hydrogen-bond donors (Lipinski definition) is 1. The van der Waals surface area contributed by atoms with Crippen LogP contribution in [0, 0.1) is 6.92 Å². The van der Waals surface area contributed by atoms with Crippen molar-refractivity contribution in [3.8, 4) is 0 Å². The van der Waals surface area contributed by atoms with Crippen molar-refractivity contribution in [3.05, 3.63) is 10.2 Å². The van der Waals surface area contributed by atoms with Crippen LogP contribution in [0.2, 0.25) is 4.47 Å². The normalized spacial score (nSPS) is 18.1. The lowest BCUT2D eigenvalue weighted by Gasteiger charge is -2.11. The Morgan fingerprint density at radius 2 is 2.06 bits per heavy atom. The van der Waals surface area contributed by atoms with Gasteiger partial charge in [-0.3, -0.25) is 0 Å². The van der Waals surface area contributed by atoms with Crippen molar-refractivity contribution >= 4 is 33.0 Å². The first kappa shape index (κ1) is 12.3. The molecule has 1 N–H and O–H groups in total. The summed E-state index contributed by atoms with van der Waals surface area (Å²) in [5.74, 6) is 0. The Hall–Kier alpha value is -0.170. The molecule has 1 aliphatic rings. The van der Waals surface area contributed by atoms with Crippen LogP contribution in [0.4, 0.5) is 0 Å². The van der Waals surface area contributed by atoms with E-state index in [-0.39, 0.29) is 14.7 Å². The van der Waals surface area contributed by atoms with Crippen molar-refractivity contribution in [1.29, 1.82) is 0 Å². The van der Waals surface area contributed by atoms with Crippen LogP contribution in [0.1, 0.15) is 31.4 Å². The summed E-state index contributed by atoms with van der Waals surface area (Å²) >= 11 is 6.71. The molecule has 0 bridgehead atoms. The van der Waals surface area contributed by atoms with E-state index in [0.717, 1.165) is 37.0 Å². The molecule has 0 unspecified atom stereocenters. The lowest BCUT2D eigenvalue weighted by atomic mass is 10.3. The Morgan fingerprint density at radius 3 is 2.56 bits per heavy atom. The number of rotatable bonds is 3. The molecular weight excluding hydrogens is 268 g/mol. The molecule has 0 saturated heterocycles. The van der Waals surface area contributed by atoms with Crippen LogP contribution in [0.15, 0.2) is 4.21 Å². The van der Waals surface area contributed by atoms with Crippen molar-refractivity contribution in [2.75, 3.05) is 0 Å². The minimum absolute atomic E-state index is 0.0743. The Kier molecular flexibility index (Phi) is 3.53. The molecule has 0 aromatic carbocycles. The number of aromatic nitrogens is 1. The van der Waals surface area contributed by atoms with E-state index >= 15 is 0 Å². The Labute approximate surface area is 104 Å². The molecule has 7 heteroatoms. The Bertz CT molecular complexity index is 478. The number of nitrogens with one attached hydrogen (secondary N) is 1. The summed E-state index contributed by atoms with van der Waals surface area (Å²) in [5.41, 5.74) is 0.473. The van der Waals surface area contributed by atoms with E-state index in [9.17, 15) is 8.42 Å². The third-order valence-corrected chi connectivity index (χ3v) is 6.04. The van der Waals surface area contributed by atoms with E-state index in [1.165, 1.54) is 0 Å². The highest BCUT2D eigenvalue weighted by Gasteiger charge is 2.26. The predicted octanol–water partition coefficient (Wildman–Crippen LogP) is 2.33. The molecule has 4 nitrogen and oxygen atoms in total. The zero-order valence-electron chi connectivity index (χ0n) is 8.86. The molecule has 1 aromatic rings. The summed E-state index contributed by atoms with van der Waals surface area (Å²) in [5, 5.41) is 0. The third kappa shape index (κ3) is 2.56. The molecule has 0 radical (unpaired) electrons. The van der Waals surface area contributed by atoms with Crippen molar-refractivity contribution in [2.24, 2.45) is 0 Å². The Balaban J connectivity index is 2.21. The fourth-order valence-electron chi connectivity index (χ4n) is 1.92. The standard InChI is InChI=1S/C9H13ClN2O2S2/c1-6-8(15-9(10)11-6)16(13,14)12-7-4-2-3-5-7/h7,12H,2-5H2,1H3. The van der Waals surface area contributed by atoms with Gasteiger partial charge in [-0.15, -0.1) is 0 Å². The highest BCUT2D eigenvalue weighted by Crippen LogP contribution is 2.28. The molecule has 1 aliphatic carbocycles. The first-order chi connectivity index (χ1) is 7.49. The lowest BCUT2D eigenvalue weighted by molar-refractivity contribution is 0.553. The van der Waals surface area contributed by atoms with Gasteiger partial charge in [0.1, 0.15) is 0 Å². The van der Waals surface area contributed by atoms with Gasteiger partial charge < -0.3 is 0 Å². The maximum absolute atomic E-state index is 12.0. The fourth-order valence-corrected chi connectivity index (χ4v) is 4.98. The molecule has 90 valence electrons. The van der Waals surface area contributed by atoms with E-state index in [1.54, 1.807) is 6.92 Å². The molecule has 0 aliphatic heterocycles. The molecule has 0 spiro atoms. The highest BCUT2D eigenvalue weighted by atomic mass is 35.5. The van der Waals surface area contributed by atoms with Gasteiger partial charge in [0, 0.05) is 6.04 Å². The second kappa shape index (κ2) is 4.60. The highest BCUT2D eigenvalue weighted by molar-refractivity contribution is 7.91. The number of aryl methyl sites for hydroxylation is 1. The van der Waals surface area contributed by atoms with Gasteiger partial charge in [-0.2, -0.15) is 0 Å². The second-order valence-corrected chi connectivity index (χ2v) is 7.43. The van der Waals surface area contributed by atoms with E-state index < -0.39 is 10.0 Å². The van der Waals surface area contributed by atoms with E-state index in [0.29, 0.717) is 5.69 Å². The molecule has 1 aromatic heterocycles. The summed E-state index contributed by atoms with van der Waals surface area (Å²) in [7, 11) is -3.43. The van der Waals surface area contributed by atoms with Crippen LogP contribution in [0.25, 0.3) is 0 Å². The van der Waals surface area contributed by atoms with Crippen molar-refractivity contribution < 1.29 is 8.42 Å². The molecule has 0 amide bonds. The average Bonchev–Trinajstić information content (AvgIpc) is 2.75. The summed E-state index contributed by atoms with van der Waals surface area (Å²) in [4.78, 5) is 3.92. The maximum Gasteiger partial charge on any atom is 0.252 e. The van der Waals surface area contributed by atoms with Gasteiger partial charge in [0.2, 0.25) is 0 Å². The molecule has 16 heavy (non-hydrogen) atoms. The summed E-state index contributed by atoms with van der Waals surface area (Å²) in [6, 6.07) is 0.0743. The van der Waals surface area contributed by atoms with Crippen LogP contribution in [0.5, 0.6) is 0 Å². The number of nitrogens with zero attached hydrogens (tertiary/aromatic N) is 1. The topological polar surface area (TPSA) is 59.1 Å². The average molecular weight is 281 g/mol. The molecule has 2 rings (SSSR count). The Morgan fingerprint density at radius 1 is 1.44 bits per heavy atom. The molecule has 1 saturated carbocycles. The second-order valence-electron chi connectivity index (χ2n) is 3.94. The number of sulfonamides is 1. The predicted molar refractivity (Wildman–Crippen MR) is 64.4 cm³/mol. The zero-order chi connectivity index (χ0) is 11.8. The van der Waals surface area contributed by atoms with Gasteiger partial charge in [-0.05, 0) is 19.8 Å². The number of halogens is 1. The molecular formula is C9H13ClN2O2S2. The van der Waals surface area contributed by atoms with Gasteiger partial charge in [-0.25, -0.2) is 18.1 Å². The van der Waals surface area contributed by atoms with Crippen molar-refractivity contribution in [1.82, 2.24) is 9.71 Å². The lowest BCUT2D eigenvalue weighted by Crippen LogP contribution is -2.32. The monoisotopic (exact) mass is 280 g/mol. The van der Waals surface area contributed by atoms with Crippen LogP contribution in [-0.2, 0) is 10.0 Å². The van der Waals surface area contributed by atoms with Crippen LogP contribution in [-0.4, -0.2) is 19.4 Å². The number of hydrogen-bond acceptors (Lipinski definition) is 4. The van der Waals surface area contributed by atoms with Crippen LogP contribution < -0.4 is 4.72 Å². The smallest absolute Gasteiger partial charge is 0.229 e.